The normalized spacial score (nSPS) is 16.1. The number of carbonyl (C=O) groups is 3. The van der Waals surface area contributed by atoms with Crippen LogP contribution in [0.3, 0.4) is 0 Å². The van der Waals surface area contributed by atoms with Gasteiger partial charge in [0.05, 0.1) is 0 Å². The number of nitrogens with zero attached hydrogens (tertiary/aromatic N) is 1. The maximum absolute atomic E-state index is 11.5. The molecule has 1 heterocycles. The van der Waals surface area contributed by atoms with Crippen molar-refractivity contribution in [1.82, 2.24) is 4.90 Å². The minimum Gasteiger partial charge on any atom is -0.370 e. The van der Waals surface area contributed by atoms with Crippen LogP contribution in [-0.2, 0) is 14.3 Å². The average molecular weight is 227 g/mol. The van der Waals surface area contributed by atoms with Gasteiger partial charge in [-0.2, -0.15) is 0 Å². The molecule has 0 radical (unpaired) electrons. The Bertz CT molecular complexity index is 310. The van der Waals surface area contributed by atoms with Crippen LogP contribution in [0.2, 0.25) is 0 Å². The first kappa shape index (κ1) is 12.7. The van der Waals surface area contributed by atoms with Crippen molar-refractivity contribution in [1.29, 1.82) is 0 Å². The van der Waals surface area contributed by atoms with Crippen LogP contribution in [0.5, 0.6) is 0 Å². The first-order valence-electron chi connectivity index (χ1n) is 5.38. The Morgan fingerprint density at radius 1 is 1.06 bits per heavy atom. The van der Waals surface area contributed by atoms with E-state index in [9.17, 15) is 14.4 Å². The van der Waals surface area contributed by atoms with E-state index in [1.807, 2.05) is 0 Å². The number of likely N-dealkylation sites (tertiary alicyclic amines) is 1. The van der Waals surface area contributed by atoms with Crippen molar-refractivity contribution in [2.24, 2.45) is 5.41 Å². The summed E-state index contributed by atoms with van der Waals surface area (Å²) < 4.78 is 4.52. The predicted molar refractivity (Wildman–Crippen MR) is 56.8 cm³/mol. The second-order valence-corrected chi connectivity index (χ2v) is 4.93. The number of amides is 1. The van der Waals surface area contributed by atoms with Crippen LogP contribution in [0.25, 0.3) is 0 Å². The van der Waals surface area contributed by atoms with E-state index in [-0.39, 0.29) is 0 Å². The molecular formula is C11H17NO4. The summed E-state index contributed by atoms with van der Waals surface area (Å²) in [5.41, 5.74) is -0.817. The molecule has 0 unspecified atom stereocenters. The number of rotatable bonds is 1. The van der Waals surface area contributed by atoms with Crippen LogP contribution in [0.15, 0.2) is 0 Å². The molecule has 1 rings (SSSR count). The van der Waals surface area contributed by atoms with E-state index in [0.29, 0.717) is 13.1 Å². The molecule has 0 aliphatic carbocycles. The highest BCUT2D eigenvalue weighted by molar-refractivity contribution is 6.36. The van der Waals surface area contributed by atoms with E-state index in [1.54, 1.807) is 20.8 Å². The Kier molecular flexibility index (Phi) is 3.67. The van der Waals surface area contributed by atoms with Gasteiger partial charge in [-0.25, -0.2) is 9.59 Å². The van der Waals surface area contributed by atoms with Gasteiger partial charge in [-0.15, -0.1) is 0 Å². The van der Waals surface area contributed by atoms with Gasteiger partial charge in [-0.05, 0) is 12.8 Å². The van der Waals surface area contributed by atoms with Crippen LogP contribution >= 0.6 is 0 Å². The largest absolute Gasteiger partial charge is 0.417 e. The Balaban J connectivity index is 2.51. The summed E-state index contributed by atoms with van der Waals surface area (Å²) in [4.78, 5) is 35.7. The third-order valence-corrected chi connectivity index (χ3v) is 2.41. The third-order valence-electron chi connectivity index (χ3n) is 2.41. The number of carbonyl (C=O) groups excluding carboxylic acids is 3. The van der Waals surface area contributed by atoms with Gasteiger partial charge in [0.15, 0.2) is 0 Å². The summed E-state index contributed by atoms with van der Waals surface area (Å²) in [7, 11) is 0. The SMILES string of the molecule is CC(C)(C)C(=O)C(=O)OC(=O)N1CCCC1. The van der Waals surface area contributed by atoms with Crippen molar-refractivity contribution >= 4 is 17.8 Å². The molecule has 1 aliphatic heterocycles. The molecule has 0 atom stereocenters. The first-order chi connectivity index (χ1) is 7.32. The van der Waals surface area contributed by atoms with E-state index >= 15 is 0 Å². The first-order valence-corrected chi connectivity index (χ1v) is 5.38. The van der Waals surface area contributed by atoms with Crippen LogP contribution in [0, 0.1) is 5.41 Å². The van der Waals surface area contributed by atoms with Gasteiger partial charge in [0.1, 0.15) is 0 Å². The quantitative estimate of drug-likeness (QED) is 0.385. The van der Waals surface area contributed by atoms with Crippen molar-refractivity contribution in [3.05, 3.63) is 0 Å². The van der Waals surface area contributed by atoms with Crippen molar-refractivity contribution < 1.29 is 19.1 Å². The van der Waals surface area contributed by atoms with Crippen molar-refractivity contribution in [2.45, 2.75) is 33.6 Å². The molecular weight excluding hydrogens is 210 g/mol. The number of ether oxygens (including phenoxy) is 1. The molecule has 0 aromatic heterocycles. The molecule has 1 fully saturated rings. The molecule has 0 saturated carbocycles. The molecule has 1 saturated heterocycles. The van der Waals surface area contributed by atoms with Crippen LogP contribution in [0.1, 0.15) is 33.6 Å². The van der Waals surface area contributed by atoms with Gasteiger partial charge in [0.25, 0.3) is 0 Å². The number of ketones is 1. The second kappa shape index (κ2) is 4.63. The van der Waals surface area contributed by atoms with E-state index in [1.165, 1.54) is 4.90 Å². The fourth-order valence-electron chi connectivity index (χ4n) is 1.40. The zero-order valence-electron chi connectivity index (χ0n) is 9.91. The van der Waals surface area contributed by atoms with Gasteiger partial charge >= 0.3 is 12.1 Å². The average Bonchev–Trinajstić information content (AvgIpc) is 2.67. The lowest BCUT2D eigenvalue weighted by atomic mass is 9.91. The summed E-state index contributed by atoms with van der Waals surface area (Å²) in [6.07, 6.45) is 1.12. The molecule has 0 aromatic rings. The lowest BCUT2D eigenvalue weighted by Crippen LogP contribution is -2.36. The lowest BCUT2D eigenvalue weighted by molar-refractivity contribution is -0.153. The minimum absolute atomic E-state index is 0.593. The number of esters is 1. The summed E-state index contributed by atoms with van der Waals surface area (Å²) in [5.74, 6) is -1.75. The molecule has 0 N–H and O–H groups in total. The standard InChI is InChI=1S/C11H17NO4/c1-11(2,3)8(13)9(14)16-10(15)12-6-4-5-7-12/h4-7H2,1-3H3. The molecule has 16 heavy (non-hydrogen) atoms. The smallest absolute Gasteiger partial charge is 0.370 e. The van der Waals surface area contributed by atoms with E-state index in [0.717, 1.165) is 12.8 Å². The Hall–Kier alpha value is -1.39. The van der Waals surface area contributed by atoms with E-state index in [4.69, 9.17) is 0 Å². The number of Topliss-reactive ketones (excluding diaryl/α,β-unsaturated/α-hetero) is 1. The van der Waals surface area contributed by atoms with Gasteiger partial charge in [-0.1, -0.05) is 20.8 Å². The highest BCUT2D eigenvalue weighted by Crippen LogP contribution is 2.16. The molecule has 0 aromatic carbocycles. The molecule has 90 valence electrons. The van der Waals surface area contributed by atoms with Crippen LogP contribution in [0.4, 0.5) is 4.79 Å². The van der Waals surface area contributed by atoms with E-state index in [2.05, 4.69) is 4.74 Å². The second-order valence-electron chi connectivity index (χ2n) is 4.93. The lowest BCUT2D eigenvalue weighted by Gasteiger charge is -2.17. The van der Waals surface area contributed by atoms with Crippen molar-refractivity contribution in [2.75, 3.05) is 13.1 Å². The molecule has 5 nitrogen and oxygen atoms in total. The Morgan fingerprint density at radius 2 is 1.56 bits per heavy atom. The molecule has 1 aliphatic rings. The summed E-state index contributed by atoms with van der Waals surface area (Å²) in [6.45, 7) is 6.01. The van der Waals surface area contributed by atoms with E-state index < -0.39 is 23.3 Å². The molecule has 1 amide bonds. The maximum atomic E-state index is 11.5. The highest BCUT2D eigenvalue weighted by atomic mass is 16.6. The minimum atomic E-state index is -1.07. The van der Waals surface area contributed by atoms with Crippen LogP contribution < -0.4 is 0 Å². The topological polar surface area (TPSA) is 63.7 Å². The van der Waals surface area contributed by atoms with Crippen LogP contribution in [-0.4, -0.2) is 35.8 Å². The monoisotopic (exact) mass is 227 g/mol. The third kappa shape index (κ3) is 3.05. The summed E-state index contributed by atoms with van der Waals surface area (Å²) >= 11 is 0. The predicted octanol–water partition coefficient (Wildman–Crippen LogP) is 1.36. The Labute approximate surface area is 94.7 Å². The maximum Gasteiger partial charge on any atom is 0.417 e. The fourth-order valence-corrected chi connectivity index (χ4v) is 1.40. The van der Waals surface area contributed by atoms with Gasteiger partial charge in [0.2, 0.25) is 5.78 Å². The molecule has 0 bridgehead atoms. The van der Waals surface area contributed by atoms with Gasteiger partial charge < -0.3 is 9.64 Å². The summed E-state index contributed by atoms with van der Waals surface area (Å²) in [5, 5.41) is 0. The number of hydrogen-bond donors (Lipinski definition) is 0. The van der Waals surface area contributed by atoms with Gasteiger partial charge in [-0.3, -0.25) is 4.79 Å². The van der Waals surface area contributed by atoms with Gasteiger partial charge in [0, 0.05) is 18.5 Å². The zero-order chi connectivity index (χ0) is 12.3. The zero-order valence-corrected chi connectivity index (χ0v) is 9.91. The number of hydrogen-bond acceptors (Lipinski definition) is 4. The fraction of sp³-hybridized carbons (Fsp3) is 0.727. The molecule has 5 heteroatoms. The van der Waals surface area contributed by atoms with Crippen molar-refractivity contribution in [3.63, 3.8) is 0 Å². The summed E-state index contributed by atoms with van der Waals surface area (Å²) in [6, 6.07) is 0. The van der Waals surface area contributed by atoms with Crippen molar-refractivity contribution in [3.8, 4) is 0 Å². The molecule has 0 spiro atoms. The highest BCUT2D eigenvalue weighted by Gasteiger charge is 2.32. The Morgan fingerprint density at radius 3 is 2.00 bits per heavy atom.